The number of esters is 1. The van der Waals surface area contributed by atoms with Gasteiger partial charge in [-0.05, 0) is 42.2 Å². The summed E-state index contributed by atoms with van der Waals surface area (Å²) in [5.74, 6) is -0.776. The molecule has 0 saturated heterocycles. The van der Waals surface area contributed by atoms with Gasteiger partial charge in [0.2, 0.25) is 0 Å². The zero-order chi connectivity index (χ0) is 16.1. The van der Waals surface area contributed by atoms with Crippen molar-refractivity contribution in [2.75, 3.05) is 7.11 Å². The van der Waals surface area contributed by atoms with E-state index in [1.165, 1.54) is 7.11 Å². The number of methoxy groups -OCH3 is 1. The average molecular weight is 358 g/mol. The first-order chi connectivity index (χ1) is 10.5. The summed E-state index contributed by atoms with van der Waals surface area (Å²) in [6.45, 7) is 0. The number of halogens is 3. The van der Waals surface area contributed by atoms with Crippen molar-refractivity contribution in [3.05, 3.63) is 68.7 Å². The van der Waals surface area contributed by atoms with Crippen LogP contribution in [0.3, 0.4) is 0 Å². The summed E-state index contributed by atoms with van der Waals surface area (Å²) in [5.41, 5.74) is 1.70. The fourth-order valence-electron chi connectivity index (χ4n) is 2.33. The molecule has 0 fully saturated rings. The van der Waals surface area contributed by atoms with E-state index in [9.17, 15) is 4.79 Å². The van der Waals surface area contributed by atoms with Gasteiger partial charge >= 0.3 is 5.97 Å². The SMILES string of the molecule is COC(=O)[C@H](CCc1ccccc1Cl)c1ccc(Cl)cc1Cl. The van der Waals surface area contributed by atoms with Crippen molar-refractivity contribution in [2.24, 2.45) is 0 Å². The van der Waals surface area contributed by atoms with Gasteiger partial charge in [-0.25, -0.2) is 0 Å². The molecule has 0 aliphatic rings. The molecule has 2 nitrogen and oxygen atoms in total. The van der Waals surface area contributed by atoms with Gasteiger partial charge in [0.25, 0.3) is 0 Å². The number of hydrogen-bond acceptors (Lipinski definition) is 2. The molecular weight excluding hydrogens is 343 g/mol. The smallest absolute Gasteiger partial charge is 0.313 e. The van der Waals surface area contributed by atoms with Gasteiger partial charge in [0, 0.05) is 15.1 Å². The molecule has 0 saturated carbocycles. The number of hydrogen-bond donors (Lipinski definition) is 0. The molecule has 116 valence electrons. The van der Waals surface area contributed by atoms with E-state index >= 15 is 0 Å². The predicted molar refractivity (Wildman–Crippen MR) is 91.0 cm³/mol. The summed E-state index contributed by atoms with van der Waals surface area (Å²) in [7, 11) is 1.37. The maximum atomic E-state index is 12.1. The van der Waals surface area contributed by atoms with Gasteiger partial charge in [0.1, 0.15) is 0 Å². The molecule has 2 aromatic rings. The zero-order valence-electron chi connectivity index (χ0n) is 12.0. The number of aryl methyl sites for hydroxylation is 1. The van der Waals surface area contributed by atoms with Crippen molar-refractivity contribution in [1.29, 1.82) is 0 Å². The molecule has 0 aliphatic carbocycles. The second kappa shape index (κ2) is 7.87. The van der Waals surface area contributed by atoms with Gasteiger partial charge in [-0.1, -0.05) is 59.1 Å². The molecule has 2 rings (SSSR count). The standard InChI is InChI=1S/C17H15Cl3O2/c1-22-17(21)14(13-9-7-12(18)10-16(13)20)8-6-11-4-2-3-5-15(11)19/h2-5,7,9-10,14H,6,8H2,1H3/t14-/m1/s1. The van der Waals surface area contributed by atoms with Gasteiger partial charge in [-0.15, -0.1) is 0 Å². The predicted octanol–water partition coefficient (Wildman–Crippen LogP) is 5.54. The van der Waals surface area contributed by atoms with E-state index in [0.717, 1.165) is 5.56 Å². The van der Waals surface area contributed by atoms with Crippen molar-refractivity contribution >= 4 is 40.8 Å². The van der Waals surface area contributed by atoms with Crippen LogP contribution < -0.4 is 0 Å². The van der Waals surface area contributed by atoms with Crippen LogP contribution in [0, 0.1) is 0 Å². The summed E-state index contributed by atoms with van der Waals surface area (Å²) in [4.78, 5) is 12.1. The molecule has 0 aromatic heterocycles. The van der Waals surface area contributed by atoms with Crippen LogP contribution >= 0.6 is 34.8 Å². The van der Waals surface area contributed by atoms with Crippen molar-refractivity contribution in [3.8, 4) is 0 Å². The Morgan fingerprint density at radius 1 is 1.09 bits per heavy atom. The minimum Gasteiger partial charge on any atom is -0.469 e. The van der Waals surface area contributed by atoms with Gasteiger partial charge < -0.3 is 4.74 Å². The van der Waals surface area contributed by atoms with Crippen molar-refractivity contribution in [1.82, 2.24) is 0 Å². The van der Waals surface area contributed by atoms with E-state index < -0.39 is 5.92 Å². The Morgan fingerprint density at radius 2 is 1.82 bits per heavy atom. The quantitative estimate of drug-likeness (QED) is 0.657. The summed E-state index contributed by atoms with van der Waals surface area (Å²) >= 11 is 18.3. The number of ether oxygens (including phenoxy) is 1. The van der Waals surface area contributed by atoms with E-state index in [-0.39, 0.29) is 5.97 Å². The molecule has 0 aliphatic heterocycles. The molecule has 0 amide bonds. The molecule has 5 heteroatoms. The molecule has 0 spiro atoms. The van der Waals surface area contributed by atoms with E-state index in [1.807, 2.05) is 24.3 Å². The number of benzene rings is 2. The fourth-order valence-corrected chi connectivity index (χ4v) is 3.10. The third-order valence-electron chi connectivity index (χ3n) is 3.48. The van der Waals surface area contributed by atoms with Crippen LogP contribution in [0.1, 0.15) is 23.5 Å². The Labute approximate surface area is 144 Å². The molecule has 0 heterocycles. The maximum absolute atomic E-state index is 12.1. The van der Waals surface area contributed by atoms with Crippen LogP contribution in [0.15, 0.2) is 42.5 Å². The van der Waals surface area contributed by atoms with Gasteiger partial charge in [0.15, 0.2) is 0 Å². The summed E-state index contributed by atoms with van der Waals surface area (Å²) in [5, 5.41) is 1.68. The van der Waals surface area contributed by atoms with E-state index in [2.05, 4.69) is 0 Å². The number of rotatable bonds is 5. The fraction of sp³-hybridized carbons (Fsp3) is 0.235. The highest BCUT2D eigenvalue weighted by molar-refractivity contribution is 6.35. The molecule has 0 unspecified atom stereocenters. The second-order valence-electron chi connectivity index (χ2n) is 4.87. The van der Waals surface area contributed by atoms with E-state index in [1.54, 1.807) is 18.2 Å². The Morgan fingerprint density at radius 3 is 2.45 bits per heavy atom. The van der Waals surface area contributed by atoms with Gasteiger partial charge in [0.05, 0.1) is 13.0 Å². The van der Waals surface area contributed by atoms with E-state index in [0.29, 0.717) is 33.5 Å². The first-order valence-corrected chi connectivity index (χ1v) is 7.92. The lowest BCUT2D eigenvalue weighted by Crippen LogP contribution is -2.15. The largest absolute Gasteiger partial charge is 0.469 e. The van der Waals surface area contributed by atoms with Crippen LogP contribution in [0.25, 0.3) is 0 Å². The highest BCUT2D eigenvalue weighted by atomic mass is 35.5. The van der Waals surface area contributed by atoms with Gasteiger partial charge in [-0.3, -0.25) is 4.79 Å². The highest BCUT2D eigenvalue weighted by Crippen LogP contribution is 2.32. The first kappa shape index (κ1) is 17.1. The van der Waals surface area contributed by atoms with Crippen LogP contribution in [-0.4, -0.2) is 13.1 Å². The normalized spacial score (nSPS) is 12.0. The van der Waals surface area contributed by atoms with Crippen LogP contribution in [0.4, 0.5) is 0 Å². The zero-order valence-corrected chi connectivity index (χ0v) is 14.3. The van der Waals surface area contributed by atoms with E-state index in [4.69, 9.17) is 39.5 Å². The van der Waals surface area contributed by atoms with Crippen molar-refractivity contribution in [2.45, 2.75) is 18.8 Å². The first-order valence-electron chi connectivity index (χ1n) is 6.79. The molecular formula is C17H15Cl3O2. The Hall–Kier alpha value is -1.22. The van der Waals surface area contributed by atoms with Crippen molar-refractivity contribution in [3.63, 3.8) is 0 Å². The lowest BCUT2D eigenvalue weighted by atomic mass is 9.92. The van der Waals surface area contributed by atoms with Gasteiger partial charge in [-0.2, -0.15) is 0 Å². The van der Waals surface area contributed by atoms with Crippen LogP contribution in [0.5, 0.6) is 0 Å². The maximum Gasteiger partial charge on any atom is 0.313 e. The Balaban J connectivity index is 2.24. The molecule has 22 heavy (non-hydrogen) atoms. The molecule has 0 bridgehead atoms. The third-order valence-corrected chi connectivity index (χ3v) is 4.41. The number of carbonyl (C=O) groups is 1. The third kappa shape index (κ3) is 4.16. The Kier molecular flexibility index (Phi) is 6.13. The molecule has 0 N–H and O–H groups in total. The van der Waals surface area contributed by atoms with Crippen molar-refractivity contribution < 1.29 is 9.53 Å². The molecule has 0 radical (unpaired) electrons. The summed E-state index contributed by atoms with van der Waals surface area (Å²) < 4.78 is 4.91. The number of carbonyl (C=O) groups excluding carboxylic acids is 1. The summed E-state index contributed by atoms with van der Waals surface area (Å²) in [6.07, 6.45) is 1.20. The van der Waals surface area contributed by atoms with Crippen LogP contribution in [-0.2, 0) is 16.0 Å². The second-order valence-corrected chi connectivity index (χ2v) is 6.12. The average Bonchev–Trinajstić information content (AvgIpc) is 2.50. The Bertz CT molecular complexity index is 671. The van der Waals surface area contributed by atoms with Crippen LogP contribution in [0.2, 0.25) is 15.1 Å². The highest BCUT2D eigenvalue weighted by Gasteiger charge is 2.24. The minimum absolute atomic E-state index is 0.323. The minimum atomic E-state index is -0.453. The molecule has 2 aromatic carbocycles. The molecule has 1 atom stereocenters. The lowest BCUT2D eigenvalue weighted by Gasteiger charge is -2.17. The topological polar surface area (TPSA) is 26.3 Å². The monoisotopic (exact) mass is 356 g/mol. The summed E-state index contributed by atoms with van der Waals surface area (Å²) in [6, 6.07) is 12.7. The lowest BCUT2D eigenvalue weighted by molar-refractivity contribution is -0.142.